The number of aromatic nitrogens is 1. The molecule has 7 heteroatoms. The molecule has 0 aliphatic rings. The van der Waals surface area contributed by atoms with E-state index in [2.05, 4.69) is 10.3 Å². The van der Waals surface area contributed by atoms with Crippen LogP contribution >= 0.6 is 11.3 Å². The van der Waals surface area contributed by atoms with E-state index < -0.39 is 17.9 Å². The van der Waals surface area contributed by atoms with Crippen LogP contribution in [-0.2, 0) is 16.1 Å². The van der Waals surface area contributed by atoms with Gasteiger partial charge in [0.2, 0.25) is 0 Å². The Hall–Kier alpha value is -1.47. The van der Waals surface area contributed by atoms with Crippen molar-refractivity contribution < 1.29 is 19.4 Å². The number of nitrogens with zero attached hydrogens (tertiary/aromatic N) is 1. The van der Waals surface area contributed by atoms with E-state index in [4.69, 9.17) is 9.84 Å². The lowest BCUT2D eigenvalue weighted by atomic mass is 10.0. The first kappa shape index (κ1) is 15.6. The number of carboxylic acids is 1. The molecule has 6 nitrogen and oxygen atoms in total. The van der Waals surface area contributed by atoms with Crippen LogP contribution in [0, 0.1) is 5.92 Å². The number of carbonyl (C=O) groups excluding carboxylic acids is 1. The van der Waals surface area contributed by atoms with Crippen LogP contribution in [-0.4, -0.2) is 35.1 Å². The molecule has 2 N–H and O–H groups in total. The van der Waals surface area contributed by atoms with Gasteiger partial charge in [-0.05, 0) is 12.3 Å². The summed E-state index contributed by atoms with van der Waals surface area (Å²) in [4.78, 5) is 27.0. The van der Waals surface area contributed by atoms with Crippen molar-refractivity contribution in [2.45, 2.75) is 32.9 Å². The highest BCUT2D eigenvalue weighted by molar-refractivity contribution is 7.09. The van der Waals surface area contributed by atoms with E-state index in [0.717, 1.165) is 0 Å². The lowest BCUT2D eigenvalue weighted by Crippen LogP contribution is -2.41. The highest BCUT2D eigenvalue weighted by Crippen LogP contribution is 2.12. The molecule has 0 fully saturated rings. The molecule has 1 atom stereocenters. The minimum atomic E-state index is -1.03. The van der Waals surface area contributed by atoms with Gasteiger partial charge >= 0.3 is 5.97 Å². The number of carbonyl (C=O) groups is 2. The molecule has 0 spiro atoms. The average molecular weight is 286 g/mol. The Bertz CT molecular complexity index is 445. The van der Waals surface area contributed by atoms with Gasteiger partial charge in [-0.3, -0.25) is 4.79 Å². The summed E-state index contributed by atoms with van der Waals surface area (Å²) in [5.41, 5.74) is 0.229. The van der Waals surface area contributed by atoms with Crippen LogP contribution < -0.4 is 5.32 Å². The van der Waals surface area contributed by atoms with Gasteiger partial charge in [-0.15, -0.1) is 11.3 Å². The van der Waals surface area contributed by atoms with Crippen molar-refractivity contribution in [1.82, 2.24) is 10.3 Å². The molecule has 1 aromatic heterocycles. The summed E-state index contributed by atoms with van der Waals surface area (Å²) in [5.74, 6) is -1.32. The van der Waals surface area contributed by atoms with Gasteiger partial charge in [0.25, 0.3) is 5.91 Å². The van der Waals surface area contributed by atoms with Crippen LogP contribution in [0.25, 0.3) is 0 Å². The Labute approximate surface area is 115 Å². The lowest BCUT2D eigenvalue weighted by Gasteiger charge is -2.15. The molecule has 1 aromatic rings. The summed E-state index contributed by atoms with van der Waals surface area (Å²) in [7, 11) is 1.55. The van der Waals surface area contributed by atoms with E-state index in [0.29, 0.717) is 18.0 Å². The van der Waals surface area contributed by atoms with Gasteiger partial charge in [0.05, 0.1) is 6.61 Å². The standard InChI is InChI=1S/C12H18N2O4S/c1-7(2)4-8(12(16)17)14-11(15)9-6-19-10(13-9)5-18-3/h6-8H,4-5H2,1-3H3,(H,14,15)(H,16,17). The third-order valence-electron chi connectivity index (χ3n) is 2.36. The number of thiazole rings is 1. The fraction of sp³-hybridized carbons (Fsp3) is 0.583. The van der Waals surface area contributed by atoms with Gasteiger partial charge in [0.1, 0.15) is 16.7 Å². The third-order valence-corrected chi connectivity index (χ3v) is 3.19. The van der Waals surface area contributed by atoms with Crippen molar-refractivity contribution in [3.05, 3.63) is 16.1 Å². The molecule has 0 aliphatic heterocycles. The monoisotopic (exact) mass is 286 g/mol. The zero-order valence-corrected chi connectivity index (χ0v) is 12.0. The van der Waals surface area contributed by atoms with Crippen molar-refractivity contribution in [3.63, 3.8) is 0 Å². The minimum absolute atomic E-state index is 0.181. The molecule has 106 valence electrons. The zero-order chi connectivity index (χ0) is 14.4. The Balaban J connectivity index is 2.67. The molecular weight excluding hydrogens is 268 g/mol. The summed E-state index contributed by atoms with van der Waals surface area (Å²) in [6.45, 7) is 4.15. The molecule has 0 radical (unpaired) electrons. The van der Waals surface area contributed by atoms with Crippen molar-refractivity contribution in [2.75, 3.05) is 7.11 Å². The highest BCUT2D eigenvalue weighted by Gasteiger charge is 2.22. The van der Waals surface area contributed by atoms with Crippen LogP contribution in [0.2, 0.25) is 0 Å². The topological polar surface area (TPSA) is 88.5 Å². The van der Waals surface area contributed by atoms with Gasteiger partial charge in [-0.2, -0.15) is 0 Å². The number of hydrogen-bond donors (Lipinski definition) is 2. The molecule has 1 rings (SSSR count). The molecule has 0 aromatic carbocycles. The summed E-state index contributed by atoms with van der Waals surface area (Å²) in [5, 5.41) is 13.8. The maximum absolute atomic E-state index is 11.9. The Morgan fingerprint density at radius 2 is 2.21 bits per heavy atom. The molecule has 0 saturated heterocycles. The first-order chi connectivity index (χ1) is 8.93. The lowest BCUT2D eigenvalue weighted by molar-refractivity contribution is -0.139. The molecule has 1 unspecified atom stereocenters. The summed E-state index contributed by atoms with van der Waals surface area (Å²) in [6.07, 6.45) is 0.385. The van der Waals surface area contributed by atoms with E-state index in [1.54, 1.807) is 12.5 Å². The Morgan fingerprint density at radius 3 is 2.74 bits per heavy atom. The van der Waals surface area contributed by atoms with Gasteiger partial charge in [0, 0.05) is 12.5 Å². The number of aliphatic carboxylic acids is 1. The first-order valence-corrected chi connectivity index (χ1v) is 6.79. The fourth-order valence-corrected chi connectivity index (χ4v) is 2.27. The number of methoxy groups -OCH3 is 1. The Kier molecular flexibility index (Phi) is 5.91. The zero-order valence-electron chi connectivity index (χ0n) is 11.2. The average Bonchev–Trinajstić information content (AvgIpc) is 2.76. The molecule has 0 saturated carbocycles. The van der Waals surface area contributed by atoms with E-state index in [9.17, 15) is 9.59 Å². The van der Waals surface area contributed by atoms with E-state index in [-0.39, 0.29) is 11.6 Å². The summed E-state index contributed by atoms with van der Waals surface area (Å²) >= 11 is 1.31. The number of nitrogens with one attached hydrogen (secondary N) is 1. The number of hydrogen-bond acceptors (Lipinski definition) is 5. The predicted molar refractivity (Wildman–Crippen MR) is 71.2 cm³/mol. The van der Waals surface area contributed by atoms with Gasteiger partial charge in [0.15, 0.2) is 0 Å². The Morgan fingerprint density at radius 1 is 1.53 bits per heavy atom. The molecule has 19 heavy (non-hydrogen) atoms. The quantitative estimate of drug-likeness (QED) is 0.793. The molecular formula is C12H18N2O4S. The van der Waals surface area contributed by atoms with Crippen LogP contribution in [0.4, 0.5) is 0 Å². The first-order valence-electron chi connectivity index (χ1n) is 5.91. The van der Waals surface area contributed by atoms with E-state index in [1.165, 1.54) is 11.3 Å². The maximum Gasteiger partial charge on any atom is 0.326 e. The predicted octanol–water partition coefficient (Wildman–Crippen LogP) is 1.52. The molecule has 0 aliphatic carbocycles. The molecule has 1 heterocycles. The van der Waals surface area contributed by atoms with Crippen LogP contribution in [0.15, 0.2) is 5.38 Å². The van der Waals surface area contributed by atoms with Crippen molar-refractivity contribution >= 4 is 23.2 Å². The van der Waals surface area contributed by atoms with Gasteiger partial charge < -0.3 is 15.2 Å². The fourth-order valence-electron chi connectivity index (χ4n) is 1.53. The number of amides is 1. The molecule has 0 bridgehead atoms. The number of carboxylic acid groups (broad SMARTS) is 1. The minimum Gasteiger partial charge on any atom is -0.480 e. The van der Waals surface area contributed by atoms with E-state index in [1.807, 2.05) is 13.8 Å². The second kappa shape index (κ2) is 7.20. The van der Waals surface area contributed by atoms with Crippen molar-refractivity contribution in [3.8, 4) is 0 Å². The van der Waals surface area contributed by atoms with Crippen LogP contribution in [0.5, 0.6) is 0 Å². The smallest absolute Gasteiger partial charge is 0.326 e. The number of ether oxygens (including phenoxy) is 1. The van der Waals surface area contributed by atoms with E-state index >= 15 is 0 Å². The normalized spacial score (nSPS) is 12.4. The second-order valence-electron chi connectivity index (χ2n) is 4.55. The largest absolute Gasteiger partial charge is 0.480 e. The van der Waals surface area contributed by atoms with Gasteiger partial charge in [-0.25, -0.2) is 9.78 Å². The van der Waals surface area contributed by atoms with Gasteiger partial charge in [-0.1, -0.05) is 13.8 Å². The van der Waals surface area contributed by atoms with Crippen molar-refractivity contribution in [1.29, 1.82) is 0 Å². The second-order valence-corrected chi connectivity index (χ2v) is 5.50. The summed E-state index contributed by atoms with van der Waals surface area (Å²) < 4.78 is 4.91. The summed E-state index contributed by atoms with van der Waals surface area (Å²) in [6, 6.07) is -0.889. The van der Waals surface area contributed by atoms with Crippen molar-refractivity contribution in [2.24, 2.45) is 5.92 Å². The highest BCUT2D eigenvalue weighted by atomic mass is 32.1. The third kappa shape index (κ3) is 4.96. The molecule has 1 amide bonds. The maximum atomic E-state index is 11.9. The van der Waals surface area contributed by atoms with Crippen LogP contribution in [0.1, 0.15) is 35.8 Å². The van der Waals surface area contributed by atoms with Crippen LogP contribution in [0.3, 0.4) is 0 Å². The SMILES string of the molecule is COCc1nc(C(=O)NC(CC(C)C)C(=O)O)cs1. The number of rotatable bonds is 7.